The molecule has 6 nitrogen and oxygen atoms in total. The molecule has 148 valence electrons. The zero-order valence-corrected chi connectivity index (χ0v) is 15.4. The van der Waals surface area contributed by atoms with E-state index in [1.54, 1.807) is 0 Å². The van der Waals surface area contributed by atoms with E-state index >= 15 is 0 Å². The number of nitrogens with one attached hydrogen (secondary N) is 1. The van der Waals surface area contributed by atoms with Crippen molar-refractivity contribution in [3.63, 3.8) is 0 Å². The zero-order chi connectivity index (χ0) is 19.9. The van der Waals surface area contributed by atoms with Crippen LogP contribution in [-0.2, 0) is 11.2 Å². The summed E-state index contributed by atoms with van der Waals surface area (Å²) in [5, 5.41) is 3.93. The number of anilines is 1. The Morgan fingerprint density at radius 3 is 2.89 bits per heavy atom. The predicted octanol–water partition coefficient (Wildman–Crippen LogP) is 3.20. The van der Waals surface area contributed by atoms with Crippen molar-refractivity contribution in [2.75, 3.05) is 25.1 Å². The summed E-state index contributed by atoms with van der Waals surface area (Å²) in [6.07, 6.45) is 3.43. The highest BCUT2D eigenvalue weighted by atomic mass is 19.3. The molecule has 1 aliphatic heterocycles. The summed E-state index contributed by atoms with van der Waals surface area (Å²) in [5.41, 5.74) is 5.38. The number of rotatable bonds is 7. The summed E-state index contributed by atoms with van der Waals surface area (Å²) in [6, 6.07) is 12.4. The number of amides is 1. The van der Waals surface area contributed by atoms with Gasteiger partial charge in [-0.25, -0.2) is 5.43 Å². The van der Waals surface area contributed by atoms with Gasteiger partial charge in [0.2, 0.25) is 0 Å². The van der Waals surface area contributed by atoms with Gasteiger partial charge < -0.3 is 14.4 Å². The number of para-hydroxylation sites is 1. The molecule has 8 heteroatoms. The van der Waals surface area contributed by atoms with Crippen LogP contribution in [0.25, 0.3) is 0 Å². The molecule has 0 spiro atoms. The van der Waals surface area contributed by atoms with E-state index in [2.05, 4.69) is 21.3 Å². The topological polar surface area (TPSA) is 63.2 Å². The summed E-state index contributed by atoms with van der Waals surface area (Å²) in [4.78, 5) is 14.2. The Labute approximate surface area is 161 Å². The first kappa shape index (κ1) is 19.6. The van der Waals surface area contributed by atoms with Gasteiger partial charge in [0.15, 0.2) is 11.5 Å². The first-order valence-corrected chi connectivity index (χ1v) is 8.84. The number of benzene rings is 2. The van der Waals surface area contributed by atoms with Crippen molar-refractivity contribution in [1.82, 2.24) is 5.43 Å². The summed E-state index contributed by atoms with van der Waals surface area (Å²) >= 11 is 0. The van der Waals surface area contributed by atoms with Gasteiger partial charge in [0, 0.05) is 12.2 Å². The molecular weight excluding hydrogens is 368 g/mol. The minimum absolute atomic E-state index is 0.0672. The van der Waals surface area contributed by atoms with E-state index in [0.717, 1.165) is 25.1 Å². The first-order chi connectivity index (χ1) is 13.6. The Bertz CT molecular complexity index is 858. The maximum atomic E-state index is 12.4. The van der Waals surface area contributed by atoms with Crippen molar-refractivity contribution in [2.24, 2.45) is 5.10 Å². The van der Waals surface area contributed by atoms with Crippen LogP contribution >= 0.6 is 0 Å². The lowest BCUT2D eigenvalue weighted by atomic mass is 10.0. The number of carbonyl (C=O) groups excluding carboxylic acids is 1. The molecule has 0 bridgehead atoms. The highest BCUT2D eigenvalue weighted by Gasteiger charge is 2.18. The summed E-state index contributed by atoms with van der Waals surface area (Å²) in [6.45, 7) is -1.91. The Morgan fingerprint density at radius 2 is 2.11 bits per heavy atom. The highest BCUT2D eigenvalue weighted by Crippen LogP contribution is 2.29. The number of hydrogen-bond donors (Lipinski definition) is 1. The number of fused-ring (bicyclic) bond motifs is 1. The second-order valence-electron chi connectivity index (χ2n) is 6.24. The smallest absolute Gasteiger partial charge is 0.387 e. The number of halogens is 2. The Hall–Kier alpha value is -3.16. The summed E-state index contributed by atoms with van der Waals surface area (Å²) in [5.74, 6) is -0.152. The second-order valence-corrected chi connectivity index (χ2v) is 6.24. The van der Waals surface area contributed by atoms with Gasteiger partial charge in [-0.05, 0) is 48.2 Å². The number of methoxy groups -OCH3 is 1. The molecule has 1 aliphatic rings. The van der Waals surface area contributed by atoms with Crippen LogP contribution in [0.4, 0.5) is 14.5 Å². The quantitative estimate of drug-likeness (QED) is 0.584. The van der Waals surface area contributed by atoms with Gasteiger partial charge in [-0.2, -0.15) is 13.9 Å². The maximum absolute atomic E-state index is 12.4. The Balaban J connectivity index is 1.58. The SMILES string of the molecule is COc1cc(/C=N/NC(=O)CN2CCCc3ccccc32)ccc1OC(F)F. The number of nitrogens with zero attached hydrogens (tertiary/aromatic N) is 2. The van der Waals surface area contributed by atoms with Gasteiger partial charge in [-0.3, -0.25) is 4.79 Å². The van der Waals surface area contributed by atoms with Crippen LogP contribution in [0.1, 0.15) is 17.5 Å². The van der Waals surface area contributed by atoms with Crippen LogP contribution in [0.15, 0.2) is 47.6 Å². The van der Waals surface area contributed by atoms with Crippen molar-refractivity contribution in [3.05, 3.63) is 53.6 Å². The molecule has 2 aromatic carbocycles. The molecule has 0 saturated heterocycles. The fourth-order valence-electron chi connectivity index (χ4n) is 3.12. The molecule has 2 aromatic rings. The first-order valence-electron chi connectivity index (χ1n) is 8.84. The average molecular weight is 389 g/mol. The number of hydrazone groups is 1. The fraction of sp³-hybridized carbons (Fsp3) is 0.300. The molecule has 28 heavy (non-hydrogen) atoms. The third-order valence-electron chi connectivity index (χ3n) is 4.35. The van der Waals surface area contributed by atoms with Crippen molar-refractivity contribution in [3.8, 4) is 11.5 Å². The van der Waals surface area contributed by atoms with Crippen molar-refractivity contribution >= 4 is 17.8 Å². The number of aryl methyl sites for hydroxylation is 1. The van der Waals surface area contributed by atoms with Crippen molar-refractivity contribution in [1.29, 1.82) is 0 Å². The number of alkyl halides is 2. The van der Waals surface area contributed by atoms with E-state index in [1.807, 2.05) is 23.1 Å². The fourth-order valence-corrected chi connectivity index (χ4v) is 3.12. The number of hydrogen-bond acceptors (Lipinski definition) is 5. The van der Waals surface area contributed by atoms with E-state index in [-0.39, 0.29) is 24.0 Å². The molecule has 1 N–H and O–H groups in total. The highest BCUT2D eigenvalue weighted by molar-refractivity contribution is 5.85. The zero-order valence-electron chi connectivity index (χ0n) is 15.4. The lowest BCUT2D eigenvalue weighted by Crippen LogP contribution is -2.38. The maximum Gasteiger partial charge on any atom is 0.387 e. The van der Waals surface area contributed by atoms with Crippen molar-refractivity contribution < 1.29 is 23.0 Å². The molecular formula is C20H21F2N3O3. The van der Waals surface area contributed by atoms with E-state index in [1.165, 1.54) is 37.1 Å². The molecule has 1 heterocycles. The molecule has 0 unspecified atom stereocenters. The van der Waals surface area contributed by atoms with E-state index < -0.39 is 6.61 Å². The van der Waals surface area contributed by atoms with Crippen LogP contribution in [0.2, 0.25) is 0 Å². The lowest BCUT2D eigenvalue weighted by molar-refractivity contribution is -0.119. The third-order valence-corrected chi connectivity index (χ3v) is 4.35. The van der Waals surface area contributed by atoms with E-state index in [4.69, 9.17) is 4.74 Å². The molecule has 0 aromatic heterocycles. The molecule has 0 fully saturated rings. The molecule has 1 amide bonds. The van der Waals surface area contributed by atoms with E-state index in [0.29, 0.717) is 5.56 Å². The predicted molar refractivity (Wildman–Crippen MR) is 102 cm³/mol. The van der Waals surface area contributed by atoms with Crippen LogP contribution in [-0.4, -0.2) is 38.9 Å². The minimum atomic E-state index is -2.94. The molecule has 3 rings (SSSR count). The van der Waals surface area contributed by atoms with Gasteiger partial charge in [0.1, 0.15) is 0 Å². The number of ether oxygens (including phenoxy) is 2. The van der Waals surface area contributed by atoms with E-state index in [9.17, 15) is 13.6 Å². The lowest BCUT2D eigenvalue weighted by Gasteiger charge is -2.30. The minimum Gasteiger partial charge on any atom is -0.493 e. The van der Waals surface area contributed by atoms with Gasteiger partial charge in [0.25, 0.3) is 5.91 Å². The van der Waals surface area contributed by atoms with Gasteiger partial charge >= 0.3 is 6.61 Å². The molecule has 0 aliphatic carbocycles. The normalized spacial score (nSPS) is 13.5. The summed E-state index contributed by atoms with van der Waals surface area (Å²) < 4.78 is 34.1. The van der Waals surface area contributed by atoms with Gasteiger partial charge in [-0.15, -0.1) is 0 Å². The average Bonchev–Trinajstić information content (AvgIpc) is 2.69. The van der Waals surface area contributed by atoms with Crippen molar-refractivity contribution in [2.45, 2.75) is 19.5 Å². The number of carbonyl (C=O) groups is 1. The van der Waals surface area contributed by atoms with Crippen LogP contribution in [0.3, 0.4) is 0 Å². The molecule has 0 radical (unpaired) electrons. The Kier molecular flexibility index (Phi) is 6.41. The van der Waals surface area contributed by atoms with Crippen LogP contribution in [0, 0.1) is 0 Å². The second kappa shape index (κ2) is 9.16. The van der Waals surface area contributed by atoms with Gasteiger partial charge in [0.05, 0.1) is 19.9 Å². The Morgan fingerprint density at radius 1 is 1.29 bits per heavy atom. The van der Waals surface area contributed by atoms with Crippen LogP contribution < -0.4 is 19.8 Å². The monoisotopic (exact) mass is 389 g/mol. The summed E-state index contributed by atoms with van der Waals surface area (Å²) in [7, 11) is 1.35. The molecule has 0 atom stereocenters. The van der Waals surface area contributed by atoms with Crippen LogP contribution in [0.5, 0.6) is 11.5 Å². The largest absolute Gasteiger partial charge is 0.493 e. The standard InChI is InChI=1S/C20H21F2N3O3/c1-27-18-11-14(8-9-17(18)28-20(21)22)12-23-24-19(26)13-25-10-4-6-15-5-2-3-7-16(15)25/h2-3,5,7-9,11-12,20H,4,6,10,13H2,1H3,(H,24,26)/b23-12+. The third kappa shape index (κ3) is 4.97. The van der Waals surface area contributed by atoms with Gasteiger partial charge in [-0.1, -0.05) is 18.2 Å². The molecule has 0 saturated carbocycles.